The predicted molar refractivity (Wildman–Crippen MR) is 79.0 cm³/mol. The van der Waals surface area contributed by atoms with Crippen molar-refractivity contribution < 1.29 is 19.4 Å². The fourth-order valence-electron chi connectivity index (χ4n) is 2.15. The second-order valence-electron chi connectivity index (χ2n) is 4.75. The van der Waals surface area contributed by atoms with E-state index in [0.29, 0.717) is 15.7 Å². The maximum atomic E-state index is 12.2. The smallest absolute Gasteiger partial charge is 0.321 e. The summed E-state index contributed by atoms with van der Waals surface area (Å²) in [6, 6.07) is 3.69. The van der Waals surface area contributed by atoms with Gasteiger partial charge in [0.05, 0.1) is 19.3 Å². The van der Waals surface area contributed by atoms with Crippen molar-refractivity contribution in [3.05, 3.63) is 28.2 Å². The SMILES string of the molecule is CN(C(=O)Nc1cc(Cl)cc(Cl)c1)C1COCC1C(=O)O. The number of hydrogen-bond acceptors (Lipinski definition) is 3. The highest BCUT2D eigenvalue weighted by molar-refractivity contribution is 6.35. The minimum Gasteiger partial charge on any atom is -0.481 e. The molecule has 6 nitrogen and oxygen atoms in total. The fourth-order valence-corrected chi connectivity index (χ4v) is 2.67. The number of nitrogens with one attached hydrogen (secondary N) is 1. The second kappa shape index (κ2) is 6.51. The van der Waals surface area contributed by atoms with Gasteiger partial charge in [-0.1, -0.05) is 23.2 Å². The number of carboxylic acids is 1. The van der Waals surface area contributed by atoms with Crippen molar-refractivity contribution in [1.82, 2.24) is 4.90 Å². The maximum Gasteiger partial charge on any atom is 0.321 e. The topological polar surface area (TPSA) is 78.9 Å². The molecule has 2 unspecified atom stereocenters. The van der Waals surface area contributed by atoms with Gasteiger partial charge < -0.3 is 20.1 Å². The van der Waals surface area contributed by atoms with Gasteiger partial charge in [0.1, 0.15) is 5.92 Å². The van der Waals surface area contributed by atoms with Gasteiger partial charge in [0.25, 0.3) is 0 Å². The normalized spacial score (nSPS) is 21.1. The molecule has 8 heteroatoms. The van der Waals surface area contributed by atoms with E-state index in [9.17, 15) is 9.59 Å². The summed E-state index contributed by atoms with van der Waals surface area (Å²) in [5, 5.41) is 12.5. The Labute approximate surface area is 131 Å². The van der Waals surface area contributed by atoms with Crippen LogP contribution in [0, 0.1) is 5.92 Å². The standard InChI is InChI=1S/C13H14Cl2N2O4/c1-17(11-6-21-5-10(11)12(18)19)13(20)16-9-3-7(14)2-8(15)4-9/h2-4,10-11H,5-6H2,1H3,(H,16,20)(H,18,19). The van der Waals surface area contributed by atoms with Gasteiger partial charge in [-0.05, 0) is 18.2 Å². The van der Waals surface area contributed by atoms with Crippen molar-refractivity contribution >= 4 is 40.9 Å². The van der Waals surface area contributed by atoms with E-state index in [2.05, 4.69) is 5.32 Å². The van der Waals surface area contributed by atoms with Crippen molar-refractivity contribution in [1.29, 1.82) is 0 Å². The predicted octanol–water partition coefficient (Wildman–Crippen LogP) is 2.56. The number of halogens is 2. The molecule has 1 heterocycles. The zero-order valence-corrected chi connectivity index (χ0v) is 12.7. The van der Waals surface area contributed by atoms with Crippen LogP contribution in [0.4, 0.5) is 10.5 Å². The molecule has 1 aliphatic rings. The molecule has 0 aliphatic carbocycles. The molecule has 114 valence electrons. The Bertz CT molecular complexity index is 547. The highest BCUT2D eigenvalue weighted by Gasteiger charge is 2.38. The quantitative estimate of drug-likeness (QED) is 0.891. The molecule has 1 fully saturated rings. The zero-order valence-electron chi connectivity index (χ0n) is 11.2. The summed E-state index contributed by atoms with van der Waals surface area (Å²) < 4.78 is 5.15. The summed E-state index contributed by atoms with van der Waals surface area (Å²) in [7, 11) is 1.52. The van der Waals surface area contributed by atoms with E-state index in [1.807, 2.05) is 0 Å². The number of nitrogens with zero attached hydrogens (tertiary/aromatic N) is 1. The van der Waals surface area contributed by atoms with Crippen LogP contribution in [-0.2, 0) is 9.53 Å². The first kappa shape index (κ1) is 15.9. The third kappa shape index (κ3) is 3.78. The average Bonchev–Trinajstić information content (AvgIpc) is 2.85. The maximum absolute atomic E-state index is 12.2. The largest absolute Gasteiger partial charge is 0.481 e. The molecule has 2 rings (SSSR count). The third-order valence-electron chi connectivity index (χ3n) is 3.30. The number of anilines is 1. The number of ether oxygens (including phenoxy) is 1. The van der Waals surface area contributed by atoms with Crippen LogP contribution in [0.25, 0.3) is 0 Å². The van der Waals surface area contributed by atoms with E-state index in [4.69, 9.17) is 33.0 Å². The van der Waals surface area contributed by atoms with Crippen LogP contribution in [0.5, 0.6) is 0 Å². The number of carbonyl (C=O) groups is 2. The minimum atomic E-state index is -0.983. The van der Waals surface area contributed by atoms with Gasteiger partial charge in [-0.25, -0.2) is 4.79 Å². The molecule has 0 saturated carbocycles. The Kier molecular flexibility index (Phi) is 4.92. The van der Waals surface area contributed by atoms with E-state index < -0.39 is 24.0 Å². The Morgan fingerprint density at radius 3 is 2.48 bits per heavy atom. The van der Waals surface area contributed by atoms with Crippen LogP contribution < -0.4 is 5.32 Å². The van der Waals surface area contributed by atoms with E-state index in [1.165, 1.54) is 11.9 Å². The van der Waals surface area contributed by atoms with Crippen LogP contribution in [0.15, 0.2) is 18.2 Å². The number of carboxylic acid groups (broad SMARTS) is 1. The lowest BCUT2D eigenvalue weighted by Crippen LogP contribution is -2.45. The Morgan fingerprint density at radius 2 is 1.90 bits per heavy atom. The van der Waals surface area contributed by atoms with Crippen molar-refractivity contribution in [3.8, 4) is 0 Å². The van der Waals surface area contributed by atoms with Crippen LogP contribution >= 0.6 is 23.2 Å². The molecule has 0 radical (unpaired) electrons. The number of hydrogen-bond donors (Lipinski definition) is 2. The number of likely N-dealkylation sites (N-methyl/N-ethyl adjacent to an activating group) is 1. The number of amides is 2. The summed E-state index contributed by atoms with van der Waals surface area (Å²) in [5.74, 6) is -1.72. The molecule has 21 heavy (non-hydrogen) atoms. The van der Waals surface area contributed by atoms with Crippen molar-refractivity contribution in [2.75, 3.05) is 25.6 Å². The first-order valence-corrected chi connectivity index (χ1v) is 6.94. The summed E-state index contributed by atoms with van der Waals surface area (Å²) in [6.07, 6.45) is 0. The van der Waals surface area contributed by atoms with Crippen LogP contribution in [0.3, 0.4) is 0 Å². The Balaban J connectivity index is 2.07. The molecule has 2 atom stereocenters. The zero-order chi connectivity index (χ0) is 15.6. The molecule has 1 aromatic rings. The highest BCUT2D eigenvalue weighted by atomic mass is 35.5. The second-order valence-corrected chi connectivity index (χ2v) is 5.62. The van der Waals surface area contributed by atoms with Gasteiger partial charge in [0.2, 0.25) is 0 Å². The van der Waals surface area contributed by atoms with Gasteiger partial charge >= 0.3 is 12.0 Å². The molecule has 0 bridgehead atoms. The van der Waals surface area contributed by atoms with Gasteiger partial charge in [-0.15, -0.1) is 0 Å². The van der Waals surface area contributed by atoms with E-state index >= 15 is 0 Å². The molecule has 1 aliphatic heterocycles. The molecule has 1 aromatic carbocycles. The van der Waals surface area contributed by atoms with Gasteiger partial charge in [-0.2, -0.15) is 0 Å². The minimum absolute atomic E-state index is 0.0978. The van der Waals surface area contributed by atoms with Gasteiger partial charge in [-0.3, -0.25) is 4.79 Å². The number of carbonyl (C=O) groups excluding carboxylic acids is 1. The number of rotatable bonds is 3. The molecular formula is C13H14Cl2N2O4. The van der Waals surface area contributed by atoms with Gasteiger partial charge in [0, 0.05) is 22.8 Å². The Hall–Kier alpha value is -1.50. The van der Waals surface area contributed by atoms with E-state index in [-0.39, 0.29) is 13.2 Å². The number of urea groups is 1. The summed E-state index contributed by atoms with van der Waals surface area (Å²) in [6.45, 7) is 0.289. The van der Waals surface area contributed by atoms with Gasteiger partial charge in [0.15, 0.2) is 0 Å². The van der Waals surface area contributed by atoms with E-state index in [1.54, 1.807) is 18.2 Å². The lowest BCUT2D eigenvalue weighted by Gasteiger charge is -2.26. The van der Waals surface area contributed by atoms with Crippen LogP contribution in [0.2, 0.25) is 10.0 Å². The lowest BCUT2D eigenvalue weighted by molar-refractivity contribution is -0.142. The molecular weight excluding hydrogens is 319 g/mol. The monoisotopic (exact) mass is 332 g/mol. The van der Waals surface area contributed by atoms with Crippen molar-refractivity contribution in [2.45, 2.75) is 6.04 Å². The Morgan fingerprint density at radius 1 is 1.29 bits per heavy atom. The van der Waals surface area contributed by atoms with Crippen LogP contribution in [0.1, 0.15) is 0 Å². The molecule has 1 saturated heterocycles. The summed E-state index contributed by atoms with van der Waals surface area (Å²) >= 11 is 11.7. The average molecular weight is 333 g/mol. The van der Waals surface area contributed by atoms with Crippen molar-refractivity contribution in [3.63, 3.8) is 0 Å². The molecule has 2 amide bonds. The summed E-state index contributed by atoms with van der Waals surface area (Å²) in [4.78, 5) is 24.6. The molecule has 2 N–H and O–H groups in total. The highest BCUT2D eigenvalue weighted by Crippen LogP contribution is 2.24. The van der Waals surface area contributed by atoms with Crippen LogP contribution in [-0.4, -0.2) is 48.3 Å². The van der Waals surface area contributed by atoms with E-state index in [0.717, 1.165) is 0 Å². The van der Waals surface area contributed by atoms with Crippen molar-refractivity contribution in [2.24, 2.45) is 5.92 Å². The molecule has 0 spiro atoms. The first-order chi connectivity index (χ1) is 9.88. The number of aliphatic carboxylic acids is 1. The first-order valence-electron chi connectivity index (χ1n) is 6.19. The number of benzene rings is 1. The summed E-state index contributed by atoms with van der Waals surface area (Å²) in [5.41, 5.74) is 0.440. The molecule has 0 aromatic heterocycles. The third-order valence-corrected chi connectivity index (χ3v) is 3.74. The lowest BCUT2D eigenvalue weighted by atomic mass is 10.0. The fraction of sp³-hybridized carbons (Fsp3) is 0.385.